The van der Waals surface area contributed by atoms with Gasteiger partial charge in [0.05, 0.1) is 6.42 Å². The maximum atomic E-state index is 11.4. The van der Waals surface area contributed by atoms with Crippen molar-refractivity contribution < 1.29 is 9.72 Å². The Morgan fingerprint density at radius 2 is 2.25 bits per heavy atom. The molecule has 0 saturated heterocycles. The van der Waals surface area contributed by atoms with Crippen LogP contribution in [-0.2, 0) is 4.79 Å². The van der Waals surface area contributed by atoms with E-state index in [4.69, 9.17) is 0 Å². The predicted octanol–water partition coefficient (Wildman–Crippen LogP) is 2.89. The van der Waals surface area contributed by atoms with Crippen LogP contribution >= 0.6 is 0 Å². The number of unbranched alkanes of at least 4 members (excludes halogenated alkanes) is 2. The van der Waals surface area contributed by atoms with E-state index < -0.39 is 5.54 Å². The Kier molecular flexibility index (Phi) is 4.65. The van der Waals surface area contributed by atoms with Gasteiger partial charge in [0.2, 0.25) is 5.54 Å². The minimum Gasteiger partial charge on any atom is -0.299 e. The van der Waals surface area contributed by atoms with Gasteiger partial charge in [-0.3, -0.25) is 14.9 Å². The van der Waals surface area contributed by atoms with E-state index in [0.29, 0.717) is 25.7 Å². The molecule has 1 rings (SSSR count). The molecule has 1 atom stereocenters. The van der Waals surface area contributed by atoms with Gasteiger partial charge in [0.25, 0.3) is 0 Å². The Balaban J connectivity index is 2.54. The van der Waals surface area contributed by atoms with Gasteiger partial charge in [0.15, 0.2) is 0 Å². The first-order valence-corrected chi connectivity index (χ1v) is 5.88. The van der Waals surface area contributed by atoms with Crippen molar-refractivity contribution in [3.05, 3.63) is 22.8 Å². The summed E-state index contributed by atoms with van der Waals surface area (Å²) >= 11 is 0. The molecule has 1 aliphatic rings. The van der Waals surface area contributed by atoms with Crippen LogP contribution in [0.5, 0.6) is 0 Å². The Bertz CT molecular complexity index is 288. The summed E-state index contributed by atoms with van der Waals surface area (Å²) < 4.78 is 0. The number of ketones is 1. The number of hydrogen-bond acceptors (Lipinski definition) is 3. The van der Waals surface area contributed by atoms with Crippen LogP contribution in [-0.4, -0.2) is 16.2 Å². The predicted molar refractivity (Wildman–Crippen MR) is 61.9 cm³/mol. The van der Waals surface area contributed by atoms with Gasteiger partial charge in [-0.05, 0) is 25.7 Å². The van der Waals surface area contributed by atoms with Crippen molar-refractivity contribution in [2.24, 2.45) is 0 Å². The van der Waals surface area contributed by atoms with Gasteiger partial charge in [-0.1, -0.05) is 6.08 Å². The van der Waals surface area contributed by atoms with Gasteiger partial charge < -0.3 is 0 Å². The number of nitro groups is 1. The summed E-state index contributed by atoms with van der Waals surface area (Å²) in [5.74, 6) is 0.0478. The summed E-state index contributed by atoms with van der Waals surface area (Å²) in [6, 6.07) is 0. The molecule has 0 aromatic heterocycles. The number of hydrogen-bond donors (Lipinski definition) is 0. The fraction of sp³-hybridized carbons (Fsp3) is 0.750. The zero-order chi connectivity index (χ0) is 12.0. The number of Topliss-reactive ketones (excluding diaryl/α,β-unsaturated/α-hetero) is 1. The van der Waals surface area contributed by atoms with Crippen LogP contribution in [0.3, 0.4) is 0 Å². The van der Waals surface area contributed by atoms with Gasteiger partial charge in [0, 0.05) is 24.2 Å². The minimum atomic E-state index is -0.962. The van der Waals surface area contributed by atoms with Crippen molar-refractivity contribution in [3.63, 3.8) is 0 Å². The van der Waals surface area contributed by atoms with Gasteiger partial charge >= 0.3 is 0 Å². The molecule has 16 heavy (non-hydrogen) atoms. The molecule has 0 aromatic carbocycles. The lowest BCUT2D eigenvalue weighted by Crippen LogP contribution is -2.43. The second-order valence-corrected chi connectivity index (χ2v) is 4.58. The van der Waals surface area contributed by atoms with Crippen molar-refractivity contribution in [2.75, 3.05) is 0 Å². The maximum absolute atomic E-state index is 11.4. The highest BCUT2D eigenvalue weighted by atomic mass is 16.6. The van der Waals surface area contributed by atoms with Crippen LogP contribution in [0.2, 0.25) is 0 Å². The fourth-order valence-electron chi connectivity index (χ4n) is 2.36. The van der Waals surface area contributed by atoms with Crippen LogP contribution in [0.15, 0.2) is 12.7 Å². The molecule has 0 N–H and O–H groups in total. The monoisotopic (exact) mass is 225 g/mol. The summed E-state index contributed by atoms with van der Waals surface area (Å²) in [6.07, 6.45) is 6.84. The van der Waals surface area contributed by atoms with Crippen molar-refractivity contribution in [3.8, 4) is 0 Å². The van der Waals surface area contributed by atoms with Crippen LogP contribution in [0, 0.1) is 10.1 Å². The van der Waals surface area contributed by atoms with Crippen molar-refractivity contribution >= 4 is 5.78 Å². The normalized spacial score (nSPS) is 25.4. The molecule has 0 aromatic rings. The average Bonchev–Trinajstić information content (AvgIpc) is 2.24. The van der Waals surface area contributed by atoms with E-state index in [1.807, 2.05) is 6.08 Å². The fourth-order valence-corrected chi connectivity index (χ4v) is 2.36. The molecule has 0 amide bonds. The number of nitrogens with zero attached hydrogens (tertiary/aromatic N) is 1. The lowest BCUT2D eigenvalue weighted by Gasteiger charge is -2.28. The molecular formula is C12H19NO3. The molecule has 0 radical (unpaired) electrons. The maximum Gasteiger partial charge on any atom is 0.229 e. The molecule has 4 heteroatoms. The van der Waals surface area contributed by atoms with Crippen LogP contribution in [0.4, 0.5) is 0 Å². The zero-order valence-electron chi connectivity index (χ0n) is 9.61. The molecule has 0 heterocycles. The summed E-state index contributed by atoms with van der Waals surface area (Å²) in [7, 11) is 0. The number of carbonyl (C=O) groups is 1. The van der Waals surface area contributed by atoms with E-state index >= 15 is 0 Å². The molecule has 1 aliphatic carbocycles. The second-order valence-electron chi connectivity index (χ2n) is 4.58. The molecule has 0 spiro atoms. The van der Waals surface area contributed by atoms with Crippen LogP contribution < -0.4 is 0 Å². The Hall–Kier alpha value is -1.19. The van der Waals surface area contributed by atoms with Crippen molar-refractivity contribution in [2.45, 2.75) is 56.9 Å². The standard InChI is InChI=1S/C12H19NO3/c1-2-3-4-5-8-12(13(15)16)9-6-7-11(14)10-12/h2H,1,3-10H2. The molecule has 1 saturated carbocycles. The van der Waals surface area contributed by atoms with E-state index in [9.17, 15) is 14.9 Å². The molecule has 1 fully saturated rings. The SMILES string of the molecule is C=CCCCCC1([N+](=O)[O-])CCCC(=O)C1. The lowest BCUT2D eigenvalue weighted by atomic mass is 9.78. The first kappa shape index (κ1) is 12.9. The highest BCUT2D eigenvalue weighted by Crippen LogP contribution is 2.33. The lowest BCUT2D eigenvalue weighted by molar-refractivity contribution is -0.572. The zero-order valence-corrected chi connectivity index (χ0v) is 9.61. The van der Waals surface area contributed by atoms with Crippen LogP contribution in [0.1, 0.15) is 51.4 Å². The van der Waals surface area contributed by atoms with Gasteiger partial charge in [0.1, 0.15) is 5.78 Å². The van der Waals surface area contributed by atoms with Crippen molar-refractivity contribution in [1.29, 1.82) is 0 Å². The number of carbonyl (C=O) groups excluding carboxylic acids is 1. The summed E-state index contributed by atoms with van der Waals surface area (Å²) in [5, 5.41) is 11.1. The van der Waals surface area contributed by atoms with Crippen LogP contribution in [0.25, 0.3) is 0 Å². The topological polar surface area (TPSA) is 60.2 Å². The summed E-state index contributed by atoms with van der Waals surface area (Å²) in [6.45, 7) is 3.62. The molecule has 4 nitrogen and oxygen atoms in total. The molecule has 0 aliphatic heterocycles. The van der Waals surface area contributed by atoms with E-state index in [0.717, 1.165) is 19.3 Å². The molecule has 1 unspecified atom stereocenters. The van der Waals surface area contributed by atoms with E-state index in [2.05, 4.69) is 6.58 Å². The van der Waals surface area contributed by atoms with Gasteiger partial charge in [-0.25, -0.2) is 0 Å². The number of allylic oxidation sites excluding steroid dienone is 1. The largest absolute Gasteiger partial charge is 0.299 e. The Morgan fingerprint density at radius 1 is 1.50 bits per heavy atom. The third-order valence-corrected chi connectivity index (χ3v) is 3.31. The van der Waals surface area contributed by atoms with E-state index in [1.54, 1.807) is 0 Å². The molecule has 90 valence electrons. The Morgan fingerprint density at radius 3 is 2.81 bits per heavy atom. The number of rotatable bonds is 6. The minimum absolute atomic E-state index is 0.0478. The van der Waals surface area contributed by atoms with Gasteiger partial charge in [-0.15, -0.1) is 6.58 Å². The Labute approximate surface area is 95.9 Å². The summed E-state index contributed by atoms with van der Waals surface area (Å²) in [5.41, 5.74) is -0.962. The van der Waals surface area contributed by atoms with E-state index in [1.165, 1.54) is 0 Å². The third kappa shape index (κ3) is 3.15. The highest BCUT2D eigenvalue weighted by molar-refractivity contribution is 5.80. The molecular weight excluding hydrogens is 206 g/mol. The molecule has 0 bridgehead atoms. The van der Waals surface area contributed by atoms with Gasteiger partial charge in [-0.2, -0.15) is 0 Å². The van der Waals surface area contributed by atoms with E-state index in [-0.39, 0.29) is 17.1 Å². The first-order chi connectivity index (χ1) is 7.60. The average molecular weight is 225 g/mol. The first-order valence-electron chi connectivity index (χ1n) is 5.88. The quantitative estimate of drug-likeness (QED) is 0.302. The van der Waals surface area contributed by atoms with Crippen molar-refractivity contribution in [1.82, 2.24) is 0 Å². The summed E-state index contributed by atoms with van der Waals surface area (Å²) in [4.78, 5) is 22.2. The smallest absolute Gasteiger partial charge is 0.229 e. The third-order valence-electron chi connectivity index (χ3n) is 3.31. The second kappa shape index (κ2) is 5.77. The highest BCUT2D eigenvalue weighted by Gasteiger charge is 2.45.